The minimum absolute atomic E-state index is 0.0536. The summed E-state index contributed by atoms with van der Waals surface area (Å²) in [5, 5.41) is 9.23. The first-order valence-electron chi connectivity index (χ1n) is 5.47. The highest BCUT2D eigenvalue weighted by Gasteiger charge is 2.39. The van der Waals surface area contributed by atoms with Gasteiger partial charge in [0.2, 0.25) is 0 Å². The van der Waals surface area contributed by atoms with E-state index in [1.54, 1.807) is 18.2 Å². The van der Waals surface area contributed by atoms with Crippen molar-refractivity contribution in [2.75, 3.05) is 7.05 Å². The molecule has 0 unspecified atom stereocenters. The fourth-order valence-corrected chi connectivity index (χ4v) is 2.26. The lowest BCUT2D eigenvalue weighted by Crippen LogP contribution is -2.27. The van der Waals surface area contributed by atoms with E-state index in [1.165, 1.54) is 17.6 Å². The van der Waals surface area contributed by atoms with Crippen molar-refractivity contribution < 1.29 is 9.59 Å². The Balaban J connectivity index is 2.64. The van der Waals surface area contributed by atoms with Crippen molar-refractivity contribution in [1.29, 1.82) is 5.26 Å². The number of pyridine rings is 2. The van der Waals surface area contributed by atoms with Crippen LogP contribution in [0.3, 0.4) is 0 Å². The number of nitriles is 1. The van der Waals surface area contributed by atoms with E-state index >= 15 is 0 Å². The van der Waals surface area contributed by atoms with E-state index in [1.807, 2.05) is 6.07 Å². The molecule has 3 rings (SSSR count). The second-order valence-electron chi connectivity index (χ2n) is 4.17. The van der Waals surface area contributed by atoms with Crippen LogP contribution in [0.25, 0.3) is 5.52 Å². The van der Waals surface area contributed by atoms with Gasteiger partial charge < -0.3 is 0 Å². The van der Waals surface area contributed by atoms with Crippen LogP contribution < -0.4 is 5.56 Å². The molecule has 3 heterocycles. The quantitative estimate of drug-likeness (QED) is 0.636. The van der Waals surface area contributed by atoms with Gasteiger partial charge in [-0.25, -0.2) is 0 Å². The van der Waals surface area contributed by atoms with Gasteiger partial charge in [0.05, 0.1) is 16.6 Å². The highest BCUT2D eigenvalue weighted by atomic mass is 16.2. The molecule has 0 aliphatic carbocycles. The van der Waals surface area contributed by atoms with E-state index in [4.69, 9.17) is 0 Å². The fraction of sp³-hybridized carbons (Fsp3) is 0.0769. The fourth-order valence-electron chi connectivity index (χ4n) is 2.26. The maximum Gasteiger partial charge on any atom is 0.268 e. The number of nitrogens with zero attached hydrogens (tertiary/aromatic N) is 3. The molecule has 2 aromatic heterocycles. The smallest absolute Gasteiger partial charge is 0.268 e. The maximum absolute atomic E-state index is 12.2. The third-order valence-electron chi connectivity index (χ3n) is 3.20. The van der Waals surface area contributed by atoms with E-state index < -0.39 is 17.4 Å². The van der Waals surface area contributed by atoms with E-state index in [-0.39, 0.29) is 16.7 Å². The van der Waals surface area contributed by atoms with Crippen LogP contribution in [0.1, 0.15) is 26.3 Å². The molecule has 2 amide bonds. The first-order valence-corrected chi connectivity index (χ1v) is 5.47. The summed E-state index contributed by atoms with van der Waals surface area (Å²) in [6.45, 7) is 0. The summed E-state index contributed by atoms with van der Waals surface area (Å²) in [6.07, 6.45) is 1.47. The average Bonchev–Trinajstić information content (AvgIpc) is 2.65. The van der Waals surface area contributed by atoms with Crippen LogP contribution in [-0.2, 0) is 0 Å². The van der Waals surface area contributed by atoms with Gasteiger partial charge >= 0.3 is 0 Å². The van der Waals surface area contributed by atoms with Gasteiger partial charge in [0.15, 0.2) is 0 Å². The van der Waals surface area contributed by atoms with Crippen LogP contribution in [0, 0.1) is 11.3 Å². The van der Waals surface area contributed by atoms with Crippen molar-refractivity contribution in [2.24, 2.45) is 0 Å². The molecule has 0 atom stereocenters. The molecule has 92 valence electrons. The monoisotopic (exact) mass is 253 g/mol. The molecule has 0 saturated carbocycles. The number of hydrogen-bond acceptors (Lipinski definition) is 4. The Kier molecular flexibility index (Phi) is 2.07. The van der Waals surface area contributed by atoms with Crippen molar-refractivity contribution in [3.05, 3.63) is 51.4 Å². The second kappa shape index (κ2) is 3.53. The van der Waals surface area contributed by atoms with Gasteiger partial charge in [-0.1, -0.05) is 6.07 Å². The minimum Gasteiger partial charge on any atom is -0.282 e. The van der Waals surface area contributed by atoms with Crippen molar-refractivity contribution >= 4 is 17.3 Å². The number of carbonyl (C=O) groups excluding carboxylic acids is 2. The first kappa shape index (κ1) is 11.2. The Labute approximate surface area is 107 Å². The number of aromatic nitrogens is 1. The van der Waals surface area contributed by atoms with Crippen LogP contribution in [0.5, 0.6) is 0 Å². The highest BCUT2D eigenvalue weighted by molar-refractivity contribution is 6.22. The normalized spacial score (nSPS) is 13.8. The lowest BCUT2D eigenvalue weighted by molar-refractivity contribution is 0.0692. The summed E-state index contributed by atoms with van der Waals surface area (Å²) < 4.78 is 1.21. The zero-order valence-electron chi connectivity index (χ0n) is 9.88. The second-order valence-corrected chi connectivity index (χ2v) is 4.17. The van der Waals surface area contributed by atoms with Crippen LogP contribution >= 0.6 is 0 Å². The van der Waals surface area contributed by atoms with Crippen molar-refractivity contribution in [2.45, 2.75) is 0 Å². The largest absolute Gasteiger partial charge is 0.282 e. The molecule has 6 nitrogen and oxygen atoms in total. The standard InChI is InChI=1S/C13H7N3O3/c1-15-11(17)9-7(6-14)8-4-2-3-5-16(8)13(19)10(9)12(15)18/h2-5H,1H3. The Morgan fingerprint density at radius 3 is 2.47 bits per heavy atom. The molecule has 0 N–H and O–H groups in total. The lowest BCUT2D eigenvalue weighted by Gasteiger charge is -2.05. The minimum atomic E-state index is -0.667. The third-order valence-corrected chi connectivity index (χ3v) is 3.20. The molecular weight excluding hydrogens is 246 g/mol. The molecule has 1 aliphatic heterocycles. The Bertz CT molecular complexity index is 858. The molecule has 0 aromatic carbocycles. The van der Waals surface area contributed by atoms with Gasteiger partial charge in [0.1, 0.15) is 11.6 Å². The predicted molar refractivity (Wildman–Crippen MR) is 64.8 cm³/mol. The summed E-state index contributed by atoms with van der Waals surface area (Å²) in [7, 11) is 1.29. The summed E-state index contributed by atoms with van der Waals surface area (Å²) in [5.74, 6) is -1.28. The topological polar surface area (TPSA) is 82.7 Å². The first-order chi connectivity index (χ1) is 9.07. The van der Waals surface area contributed by atoms with Gasteiger partial charge in [-0.15, -0.1) is 0 Å². The van der Waals surface area contributed by atoms with Crippen molar-refractivity contribution in [3.63, 3.8) is 0 Å². The van der Waals surface area contributed by atoms with E-state index in [2.05, 4.69) is 0 Å². The molecular formula is C13H7N3O3. The molecule has 0 saturated heterocycles. The number of fused-ring (bicyclic) bond motifs is 2. The van der Waals surface area contributed by atoms with Gasteiger partial charge in [0, 0.05) is 13.2 Å². The van der Waals surface area contributed by atoms with Gasteiger partial charge in [-0.2, -0.15) is 5.26 Å². The number of amides is 2. The SMILES string of the molecule is CN1C(=O)c2c(c(=O)n3ccccc3c2C#N)C1=O. The maximum atomic E-state index is 12.2. The third kappa shape index (κ3) is 1.21. The molecule has 0 spiro atoms. The van der Waals surface area contributed by atoms with Crippen LogP contribution in [0.15, 0.2) is 29.2 Å². The molecule has 0 bridgehead atoms. The molecule has 1 aliphatic rings. The zero-order valence-corrected chi connectivity index (χ0v) is 9.88. The summed E-state index contributed by atoms with van der Waals surface area (Å²) in [4.78, 5) is 37.0. The Morgan fingerprint density at radius 1 is 1.11 bits per heavy atom. The highest BCUT2D eigenvalue weighted by Crippen LogP contribution is 2.24. The molecule has 2 aromatic rings. The van der Waals surface area contributed by atoms with E-state index in [0.717, 1.165) is 4.90 Å². The zero-order chi connectivity index (χ0) is 13.7. The number of hydrogen-bond donors (Lipinski definition) is 0. The van der Waals surface area contributed by atoms with Gasteiger partial charge in [-0.05, 0) is 12.1 Å². The van der Waals surface area contributed by atoms with Gasteiger partial charge in [-0.3, -0.25) is 23.7 Å². The number of carbonyl (C=O) groups is 2. The van der Waals surface area contributed by atoms with E-state index in [9.17, 15) is 19.6 Å². The number of rotatable bonds is 0. The van der Waals surface area contributed by atoms with Crippen LogP contribution in [0.2, 0.25) is 0 Å². The number of imide groups is 1. The Morgan fingerprint density at radius 2 is 1.79 bits per heavy atom. The van der Waals surface area contributed by atoms with E-state index in [0.29, 0.717) is 5.52 Å². The summed E-state index contributed by atoms with van der Waals surface area (Å²) >= 11 is 0. The van der Waals surface area contributed by atoms with Crippen LogP contribution in [0.4, 0.5) is 0 Å². The Hall–Kier alpha value is -2.94. The molecule has 0 fully saturated rings. The molecule has 6 heteroatoms. The molecule has 0 radical (unpaired) electrons. The lowest BCUT2D eigenvalue weighted by atomic mass is 10.0. The predicted octanol–water partition coefficient (Wildman–Crippen LogP) is 0.397. The van der Waals surface area contributed by atoms with Crippen LogP contribution in [-0.4, -0.2) is 28.2 Å². The average molecular weight is 253 g/mol. The van der Waals surface area contributed by atoms with Crippen molar-refractivity contribution in [3.8, 4) is 6.07 Å². The molecule has 19 heavy (non-hydrogen) atoms. The van der Waals surface area contributed by atoms with Gasteiger partial charge in [0.25, 0.3) is 17.4 Å². The summed E-state index contributed by atoms with van der Waals surface area (Å²) in [5.41, 5.74) is -0.519. The van der Waals surface area contributed by atoms with Crippen molar-refractivity contribution in [1.82, 2.24) is 9.30 Å². The summed E-state index contributed by atoms with van der Waals surface area (Å²) in [6, 6.07) is 6.75.